The van der Waals surface area contributed by atoms with Crippen LogP contribution in [0.25, 0.3) is 0 Å². The van der Waals surface area contributed by atoms with Crippen molar-refractivity contribution in [1.29, 1.82) is 0 Å². The SMILES string of the molecule is CC1CCN(C(=O)c2ccc(Br)c(F)c2)C1C(=O)O. The first-order valence-electron chi connectivity index (χ1n) is 5.90. The molecule has 0 bridgehead atoms. The van der Waals surface area contributed by atoms with Crippen LogP contribution in [-0.4, -0.2) is 34.5 Å². The summed E-state index contributed by atoms with van der Waals surface area (Å²) in [6.45, 7) is 2.18. The molecule has 1 fully saturated rings. The third-order valence-electron chi connectivity index (χ3n) is 3.38. The number of carbonyl (C=O) groups is 2. The summed E-state index contributed by atoms with van der Waals surface area (Å²) in [5, 5.41) is 9.17. The van der Waals surface area contributed by atoms with Crippen LogP contribution < -0.4 is 0 Å². The van der Waals surface area contributed by atoms with Crippen LogP contribution in [0.3, 0.4) is 0 Å². The van der Waals surface area contributed by atoms with E-state index in [-0.39, 0.29) is 16.0 Å². The summed E-state index contributed by atoms with van der Waals surface area (Å²) in [5.41, 5.74) is 0.168. The van der Waals surface area contributed by atoms with Crippen molar-refractivity contribution in [3.8, 4) is 0 Å². The summed E-state index contributed by atoms with van der Waals surface area (Å²) in [6.07, 6.45) is 0.641. The molecule has 4 nitrogen and oxygen atoms in total. The lowest BCUT2D eigenvalue weighted by Crippen LogP contribution is -2.42. The fourth-order valence-corrected chi connectivity index (χ4v) is 2.59. The molecule has 1 aliphatic rings. The molecule has 2 atom stereocenters. The number of amides is 1. The van der Waals surface area contributed by atoms with Crippen molar-refractivity contribution in [3.63, 3.8) is 0 Å². The minimum atomic E-state index is -1.02. The highest BCUT2D eigenvalue weighted by atomic mass is 79.9. The molecule has 1 heterocycles. The molecule has 0 radical (unpaired) electrons. The van der Waals surface area contributed by atoms with E-state index in [9.17, 15) is 19.1 Å². The van der Waals surface area contributed by atoms with Crippen molar-refractivity contribution in [2.45, 2.75) is 19.4 Å². The molecule has 1 aliphatic heterocycles. The van der Waals surface area contributed by atoms with Gasteiger partial charge in [-0.05, 0) is 46.5 Å². The average molecular weight is 330 g/mol. The molecule has 1 saturated heterocycles. The average Bonchev–Trinajstić information content (AvgIpc) is 2.74. The monoisotopic (exact) mass is 329 g/mol. The number of benzene rings is 1. The van der Waals surface area contributed by atoms with Gasteiger partial charge in [-0.2, -0.15) is 0 Å². The van der Waals surface area contributed by atoms with Gasteiger partial charge < -0.3 is 10.0 Å². The van der Waals surface area contributed by atoms with Crippen molar-refractivity contribution in [3.05, 3.63) is 34.1 Å². The molecule has 2 rings (SSSR count). The van der Waals surface area contributed by atoms with Crippen LogP contribution in [0.15, 0.2) is 22.7 Å². The van der Waals surface area contributed by atoms with E-state index in [0.717, 1.165) is 6.07 Å². The highest BCUT2D eigenvalue weighted by Gasteiger charge is 2.39. The number of rotatable bonds is 2. The molecular formula is C13H13BrFNO3. The molecule has 2 unspecified atom stereocenters. The van der Waals surface area contributed by atoms with E-state index < -0.39 is 23.7 Å². The number of nitrogens with zero attached hydrogens (tertiary/aromatic N) is 1. The predicted molar refractivity (Wildman–Crippen MR) is 70.3 cm³/mol. The summed E-state index contributed by atoms with van der Waals surface area (Å²) < 4.78 is 13.7. The van der Waals surface area contributed by atoms with Gasteiger partial charge in [-0.1, -0.05) is 6.92 Å². The number of carboxylic acids is 1. The minimum absolute atomic E-state index is 0.0956. The van der Waals surface area contributed by atoms with E-state index in [1.807, 2.05) is 0 Å². The van der Waals surface area contributed by atoms with Gasteiger partial charge in [0.2, 0.25) is 0 Å². The van der Waals surface area contributed by atoms with Crippen LogP contribution in [0.4, 0.5) is 4.39 Å². The second-order valence-electron chi connectivity index (χ2n) is 4.68. The van der Waals surface area contributed by atoms with Gasteiger partial charge in [-0.25, -0.2) is 9.18 Å². The minimum Gasteiger partial charge on any atom is -0.480 e. The molecule has 102 valence electrons. The Morgan fingerprint density at radius 1 is 1.47 bits per heavy atom. The van der Waals surface area contributed by atoms with Gasteiger partial charge in [0.25, 0.3) is 5.91 Å². The van der Waals surface area contributed by atoms with Crippen LogP contribution in [0, 0.1) is 11.7 Å². The number of halogens is 2. The van der Waals surface area contributed by atoms with E-state index in [4.69, 9.17) is 0 Å². The maximum atomic E-state index is 13.4. The Balaban J connectivity index is 2.28. The summed E-state index contributed by atoms with van der Waals surface area (Å²) in [7, 11) is 0. The molecule has 1 aromatic rings. The van der Waals surface area contributed by atoms with Gasteiger partial charge in [-0.15, -0.1) is 0 Å². The van der Waals surface area contributed by atoms with Crippen LogP contribution >= 0.6 is 15.9 Å². The van der Waals surface area contributed by atoms with Crippen LogP contribution in [0.2, 0.25) is 0 Å². The summed E-state index contributed by atoms with van der Waals surface area (Å²) in [6, 6.07) is 3.21. The van der Waals surface area contributed by atoms with Gasteiger partial charge in [-0.3, -0.25) is 4.79 Å². The standard InChI is InChI=1S/C13H13BrFNO3/c1-7-4-5-16(11(7)13(18)19)12(17)8-2-3-9(14)10(15)6-8/h2-3,6-7,11H,4-5H2,1H3,(H,18,19). The van der Waals surface area contributed by atoms with Crippen molar-refractivity contribution in [2.75, 3.05) is 6.54 Å². The predicted octanol–water partition coefficient (Wildman–Crippen LogP) is 2.52. The van der Waals surface area contributed by atoms with Gasteiger partial charge >= 0.3 is 5.97 Å². The van der Waals surface area contributed by atoms with Crippen molar-refractivity contribution in [2.24, 2.45) is 5.92 Å². The molecule has 0 saturated carbocycles. The highest BCUT2D eigenvalue weighted by molar-refractivity contribution is 9.10. The number of hydrogen-bond acceptors (Lipinski definition) is 2. The van der Waals surface area contributed by atoms with Gasteiger partial charge in [0.05, 0.1) is 4.47 Å². The Hall–Kier alpha value is -1.43. The lowest BCUT2D eigenvalue weighted by atomic mass is 10.0. The Bertz CT molecular complexity index is 535. The molecule has 0 aromatic heterocycles. The largest absolute Gasteiger partial charge is 0.480 e. The third kappa shape index (κ3) is 2.63. The quantitative estimate of drug-likeness (QED) is 0.907. The topological polar surface area (TPSA) is 57.6 Å². The fourth-order valence-electron chi connectivity index (χ4n) is 2.35. The second kappa shape index (κ2) is 5.28. The Labute approximate surface area is 118 Å². The Morgan fingerprint density at radius 2 is 2.16 bits per heavy atom. The lowest BCUT2D eigenvalue weighted by Gasteiger charge is -2.23. The molecule has 1 amide bonds. The zero-order valence-corrected chi connectivity index (χ0v) is 11.9. The number of carbonyl (C=O) groups excluding carboxylic acids is 1. The van der Waals surface area contributed by atoms with Gasteiger partial charge in [0, 0.05) is 12.1 Å². The first-order valence-corrected chi connectivity index (χ1v) is 6.70. The first kappa shape index (κ1) is 14.0. The van der Waals surface area contributed by atoms with Gasteiger partial charge in [0.15, 0.2) is 0 Å². The zero-order valence-electron chi connectivity index (χ0n) is 10.3. The number of carboxylic acid groups (broad SMARTS) is 1. The zero-order chi connectivity index (χ0) is 14.2. The smallest absolute Gasteiger partial charge is 0.326 e. The number of aliphatic carboxylic acids is 1. The summed E-state index contributed by atoms with van der Waals surface area (Å²) >= 11 is 3.01. The number of likely N-dealkylation sites (tertiary alicyclic amines) is 1. The second-order valence-corrected chi connectivity index (χ2v) is 5.53. The molecule has 6 heteroatoms. The normalized spacial score (nSPS) is 22.6. The molecule has 19 heavy (non-hydrogen) atoms. The van der Waals surface area contributed by atoms with Crippen molar-refractivity contribution < 1.29 is 19.1 Å². The van der Waals surface area contributed by atoms with E-state index in [0.29, 0.717) is 13.0 Å². The third-order valence-corrected chi connectivity index (χ3v) is 4.02. The van der Waals surface area contributed by atoms with Crippen molar-refractivity contribution in [1.82, 2.24) is 4.90 Å². The number of hydrogen-bond donors (Lipinski definition) is 1. The van der Waals surface area contributed by atoms with Crippen molar-refractivity contribution >= 4 is 27.8 Å². The summed E-state index contributed by atoms with van der Waals surface area (Å²) in [4.78, 5) is 24.8. The van der Waals surface area contributed by atoms with Gasteiger partial charge in [0.1, 0.15) is 11.9 Å². The summed E-state index contributed by atoms with van der Waals surface area (Å²) in [5.74, 6) is -2.09. The molecule has 0 spiro atoms. The van der Waals surface area contributed by atoms with E-state index in [2.05, 4.69) is 15.9 Å². The van der Waals surface area contributed by atoms with E-state index >= 15 is 0 Å². The lowest BCUT2D eigenvalue weighted by molar-refractivity contribution is -0.142. The Kier molecular flexibility index (Phi) is 3.89. The molecular weight excluding hydrogens is 317 g/mol. The van der Waals surface area contributed by atoms with Crippen LogP contribution in [0.1, 0.15) is 23.7 Å². The molecule has 0 aliphatic carbocycles. The van der Waals surface area contributed by atoms with Crippen LogP contribution in [-0.2, 0) is 4.79 Å². The van der Waals surface area contributed by atoms with Crippen LogP contribution in [0.5, 0.6) is 0 Å². The fraction of sp³-hybridized carbons (Fsp3) is 0.385. The molecule has 1 N–H and O–H groups in total. The maximum absolute atomic E-state index is 13.4. The van der Waals surface area contributed by atoms with E-state index in [1.54, 1.807) is 6.92 Å². The first-order chi connectivity index (χ1) is 8.91. The maximum Gasteiger partial charge on any atom is 0.326 e. The Morgan fingerprint density at radius 3 is 2.74 bits per heavy atom. The van der Waals surface area contributed by atoms with E-state index in [1.165, 1.54) is 17.0 Å². The highest BCUT2D eigenvalue weighted by Crippen LogP contribution is 2.26. The molecule has 1 aromatic carbocycles.